The number of hydrogen-bond acceptors (Lipinski definition) is 4. The summed E-state index contributed by atoms with van der Waals surface area (Å²) in [6.45, 7) is 0. The molecule has 1 saturated heterocycles. The minimum Gasteiger partial charge on any atom is -0.465 e. The molecule has 2 aromatic carbocycles. The zero-order chi connectivity index (χ0) is 18.0. The summed E-state index contributed by atoms with van der Waals surface area (Å²) in [4.78, 5) is 35.3. The summed E-state index contributed by atoms with van der Waals surface area (Å²) in [5, 5.41) is 10.9. The van der Waals surface area contributed by atoms with Crippen molar-refractivity contribution in [3.8, 4) is 11.1 Å². The highest BCUT2D eigenvalue weighted by molar-refractivity contribution is 8.18. The maximum absolute atomic E-state index is 11.6. The fourth-order valence-electron chi connectivity index (χ4n) is 2.35. The Morgan fingerprint density at radius 1 is 1.12 bits per heavy atom. The van der Waals surface area contributed by atoms with E-state index < -0.39 is 6.09 Å². The molecule has 3 rings (SSSR count). The van der Waals surface area contributed by atoms with Crippen molar-refractivity contribution in [1.82, 2.24) is 5.32 Å². The second-order valence-corrected chi connectivity index (χ2v) is 6.38. The van der Waals surface area contributed by atoms with Gasteiger partial charge in [0.25, 0.3) is 11.1 Å². The molecule has 0 radical (unpaired) electrons. The van der Waals surface area contributed by atoms with Crippen molar-refractivity contribution >= 4 is 40.8 Å². The van der Waals surface area contributed by atoms with E-state index in [1.807, 2.05) is 30.3 Å². The number of benzene rings is 2. The van der Waals surface area contributed by atoms with Crippen molar-refractivity contribution < 1.29 is 19.5 Å². The Labute approximate surface area is 148 Å². The van der Waals surface area contributed by atoms with Crippen LogP contribution >= 0.6 is 11.8 Å². The molecule has 0 aliphatic carbocycles. The lowest BCUT2D eigenvalue weighted by Crippen LogP contribution is -2.23. The van der Waals surface area contributed by atoms with E-state index in [-0.39, 0.29) is 11.1 Å². The lowest BCUT2D eigenvalue weighted by Gasteiger charge is -2.14. The van der Waals surface area contributed by atoms with Gasteiger partial charge in [-0.1, -0.05) is 36.4 Å². The smallest absolute Gasteiger partial charge is 0.411 e. The van der Waals surface area contributed by atoms with Crippen LogP contribution < -0.4 is 10.2 Å². The van der Waals surface area contributed by atoms with Gasteiger partial charge in [-0.3, -0.25) is 19.8 Å². The van der Waals surface area contributed by atoms with E-state index >= 15 is 0 Å². The van der Waals surface area contributed by atoms with Gasteiger partial charge in [-0.05, 0) is 46.7 Å². The molecule has 6 nitrogen and oxygen atoms in total. The Kier molecular flexibility index (Phi) is 4.58. The van der Waals surface area contributed by atoms with Crippen LogP contribution in [0.25, 0.3) is 17.2 Å². The number of carbonyl (C=O) groups excluding carboxylic acids is 2. The van der Waals surface area contributed by atoms with Crippen LogP contribution in [-0.2, 0) is 4.79 Å². The number of thioether (sulfide) groups is 1. The molecule has 1 heterocycles. The molecular weight excluding hydrogens is 340 g/mol. The maximum Gasteiger partial charge on any atom is 0.411 e. The van der Waals surface area contributed by atoms with Gasteiger partial charge in [-0.25, -0.2) is 4.79 Å². The van der Waals surface area contributed by atoms with Gasteiger partial charge < -0.3 is 5.11 Å². The summed E-state index contributed by atoms with van der Waals surface area (Å²) in [6.07, 6.45) is 0.629. The second kappa shape index (κ2) is 6.82. The van der Waals surface area contributed by atoms with Gasteiger partial charge in [0.05, 0.1) is 4.91 Å². The molecule has 0 bridgehead atoms. The number of carbonyl (C=O) groups is 3. The third-order valence-electron chi connectivity index (χ3n) is 3.70. The molecule has 2 aromatic rings. The molecule has 0 unspecified atom stereocenters. The van der Waals surface area contributed by atoms with Crippen molar-refractivity contribution in [1.29, 1.82) is 0 Å². The van der Waals surface area contributed by atoms with Crippen molar-refractivity contribution in [3.05, 3.63) is 59.0 Å². The predicted molar refractivity (Wildman–Crippen MR) is 97.4 cm³/mol. The molecule has 1 fully saturated rings. The molecule has 1 aliphatic rings. The third-order valence-corrected chi connectivity index (χ3v) is 4.51. The van der Waals surface area contributed by atoms with E-state index in [9.17, 15) is 14.4 Å². The predicted octanol–water partition coefficient (Wildman–Crippen LogP) is 3.79. The van der Waals surface area contributed by atoms with Crippen LogP contribution in [0.15, 0.2) is 53.4 Å². The topological polar surface area (TPSA) is 86.7 Å². The minimum atomic E-state index is -1.03. The number of carboxylic acid groups (broad SMARTS) is 1. The summed E-state index contributed by atoms with van der Waals surface area (Å²) >= 11 is 0.877. The highest BCUT2D eigenvalue weighted by atomic mass is 32.2. The molecule has 3 amide bonds. The zero-order valence-corrected chi connectivity index (χ0v) is 14.0. The number of nitrogens with zero attached hydrogens (tertiary/aromatic N) is 1. The lowest BCUT2D eigenvalue weighted by atomic mass is 10.0. The lowest BCUT2D eigenvalue weighted by molar-refractivity contribution is -0.115. The molecule has 0 spiro atoms. The monoisotopic (exact) mass is 354 g/mol. The summed E-state index contributed by atoms with van der Waals surface area (Å²) in [7, 11) is 1.49. The van der Waals surface area contributed by atoms with Gasteiger partial charge in [-0.15, -0.1) is 0 Å². The summed E-state index contributed by atoms with van der Waals surface area (Å²) < 4.78 is 0. The summed E-state index contributed by atoms with van der Waals surface area (Å²) in [6, 6.07) is 14.6. The summed E-state index contributed by atoms with van der Waals surface area (Å²) in [5.74, 6) is -0.386. The number of amides is 3. The fourth-order valence-corrected chi connectivity index (χ4v) is 3.03. The van der Waals surface area contributed by atoms with Gasteiger partial charge in [0.2, 0.25) is 0 Å². The van der Waals surface area contributed by atoms with E-state index in [4.69, 9.17) is 5.11 Å². The van der Waals surface area contributed by atoms with Crippen LogP contribution in [0.3, 0.4) is 0 Å². The molecule has 0 aromatic heterocycles. The van der Waals surface area contributed by atoms with Crippen LogP contribution in [0.4, 0.5) is 15.3 Å². The standard InChI is InChI=1S/C18H14N2O4S/c1-20(18(23)24)14-4-2-3-13(10-14)12-7-5-11(6-8-12)9-15-16(21)19-17(22)25-15/h2-10H,1H3,(H,23,24)(H,19,21,22). The zero-order valence-electron chi connectivity index (χ0n) is 13.2. The minimum absolute atomic E-state index is 0.364. The van der Waals surface area contributed by atoms with Gasteiger partial charge >= 0.3 is 6.09 Å². The Morgan fingerprint density at radius 3 is 2.44 bits per heavy atom. The molecule has 1 aliphatic heterocycles. The Morgan fingerprint density at radius 2 is 1.84 bits per heavy atom. The van der Waals surface area contributed by atoms with E-state index in [1.54, 1.807) is 24.3 Å². The Balaban J connectivity index is 1.85. The SMILES string of the molecule is CN(C(=O)O)c1cccc(-c2ccc(C=C3SC(=O)NC3=O)cc2)c1. The number of nitrogens with one attached hydrogen (secondary N) is 1. The number of rotatable bonds is 3. The average molecular weight is 354 g/mol. The first kappa shape index (κ1) is 16.8. The largest absolute Gasteiger partial charge is 0.465 e. The highest BCUT2D eigenvalue weighted by Gasteiger charge is 2.24. The van der Waals surface area contributed by atoms with Crippen LogP contribution in [0, 0.1) is 0 Å². The van der Waals surface area contributed by atoms with Crippen molar-refractivity contribution in [3.63, 3.8) is 0 Å². The number of hydrogen-bond donors (Lipinski definition) is 2. The second-order valence-electron chi connectivity index (χ2n) is 5.37. The average Bonchev–Trinajstić information content (AvgIpc) is 2.92. The maximum atomic E-state index is 11.6. The molecular formula is C18H14N2O4S. The Bertz CT molecular complexity index is 890. The van der Waals surface area contributed by atoms with Crippen LogP contribution in [0.2, 0.25) is 0 Å². The van der Waals surface area contributed by atoms with Crippen LogP contribution in [0.1, 0.15) is 5.56 Å². The van der Waals surface area contributed by atoms with E-state index in [0.717, 1.165) is 33.4 Å². The first-order valence-electron chi connectivity index (χ1n) is 7.36. The molecule has 0 atom stereocenters. The molecule has 25 heavy (non-hydrogen) atoms. The van der Waals surface area contributed by atoms with Crippen molar-refractivity contribution in [2.75, 3.05) is 11.9 Å². The highest BCUT2D eigenvalue weighted by Crippen LogP contribution is 2.28. The number of imide groups is 1. The number of anilines is 1. The van der Waals surface area contributed by atoms with Crippen LogP contribution in [-0.4, -0.2) is 29.4 Å². The normalized spacial score (nSPS) is 15.3. The van der Waals surface area contributed by atoms with E-state index in [1.165, 1.54) is 7.05 Å². The van der Waals surface area contributed by atoms with Gasteiger partial charge in [-0.2, -0.15) is 0 Å². The molecule has 0 saturated carbocycles. The van der Waals surface area contributed by atoms with Gasteiger partial charge in [0.15, 0.2) is 0 Å². The van der Waals surface area contributed by atoms with Gasteiger partial charge in [0.1, 0.15) is 0 Å². The first-order chi connectivity index (χ1) is 11.9. The van der Waals surface area contributed by atoms with Gasteiger partial charge in [0, 0.05) is 12.7 Å². The quantitative estimate of drug-likeness (QED) is 0.819. The summed E-state index contributed by atoms with van der Waals surface area (Å²) in [5.41, 5.74) is 3.18. The first-order valence-corrected chi connectivity index (χ1v) is 8.18. The van der Waals surface area contributed by atoms with Crippen molar-refractivity contribution in [2.24, 2.45) is 0 Å². The fraction of sp³-hybridized carbons (Fsp3) is 0.0556. The Hall–Kier alpha value is -3.06. The molecule has 7 heteroatoms. The van der Waals surface area contributed by atoms with E-state index in [2.05, 4.69) is 5.32 Å². The van der Waals surface area contributed by atoms with Crippen LogP contribution in [0.5, 0.6) is 0 Å². The third kappa shape index (κ3) is 3.72. The van der Waals surface area contributed by atoms with E-state index in [0.29, 0.717) is 10.6 Å². The molecule has 126 valence electrons. The molecule has 2 N–H and O–H groups in total. The van der Waals surface area contributed by atoms with Crippen molar-refractivity contribution in [2.45, 2.75) is 0 Å².